The summed E-state index contributed by atoms with van der Waals surface area (Å²) < 4.78 is 1.65. The minimum absolute atomic E-state index is 0. The SMILES string of the molecule is Cl.Cl.Cn1cc(NC(=O)c2ccc(C3CC3N)cc2)cn1. The number of nitrogens with two attached hydrogens (primary N) is 1. The molecule has 1 amide bonds. The largest absolute Gasteiger partial charge is 0.327 e. The second-order valence-electron chi connectivity index (χ2n) is 4.98. The highest BCUT2D eigenvalue weighted by atomic mass is 35.5. The van der Waals surface area contributed by atoms with Crippen LogP contribution in [-0.4, -0.2) is 21.7 Å². The Kier molecular flexibility index (Phi) is 5.78. The summed E-state index contributed by atoms with van der Waals surface area (Å²) in [6, 6.07) is 7.93. The Hall–Kier alpha value is -1.56. The van der Waals surface area contributed by atoms with E-state index in [0.29, 0.717) is 17.2 Å². The average molecular weight is 329 g/mol. The lowest BCUT2D eigenvalue weighted by atomic mass is 10.1. The fraction of sp³-hybridized carbons (Fsp3) is 0.286. The van der Waals surface area contributed by atoms with Crippen molar-refractivity contribution in [3.8, 4) is 0 Å². The lowest BCUT2D eigenvalue weighted by Crippen LogP contribution is -2.11. The molecule has 1 aliphatic rings. The molecule has 0 saturated heterocycles. The van der Waals surface area contributed by atoms with Crippen LogP contribution >= 0.6 is 24.8 Å². The number of rotatable bonds is 3. The summed E-state index contributed by atoms with van der Waals surface area (Å²) in [7, 11) is 1.81. The molecular formula is C14H18Cl2N4O. The van der Waals surface area contributed by atoms with Crippen molar-refractivity contribution in [1.29, 1.82) is 0 Å². The van der Waals surface area contributed by atoms with E-state index in [9.17, 15) is 4.79 Å². The van der Waals surface area contributed by atoms with E-state index >= 15 is 0 Å². The van der Waals surface area contributed by atoms with Crippen LogP contribution in [0.25, 0.3) is 0 Å². The van der Waals surface area contributed by atoms with Gasteiger partial charge in [0.1, 0.15) is 0 Å². The molecular weight excluding hydrogens is 311 g/mol. The molecule has 1 aliphatic carbocycles. The smallest absolute Gasteiger partial charge is 0.255 e. The molecule has 7 heteroatoms. The summed E-state index contributed by atoms with van der Waals surface area (Å²) in [6.45, 7) is 0. The molecule has 0 bridgehead atoms. The van der Waals surface area contributed by atoms with Gasteiger partial charge >= 0.3 is 0 Å². The van der Waals surface area contributed by atoms with E-state index in [4.69, 9.17) is 5.73 Å². The fourth-order valence-electron chi connectivity index (χ4n) is 2.17. The van der Waals surface area contributed by atoms with E-state index in [1.54, 1.807) is 17.1 Å². The molecule has 1 fully saturated rings. The molecule has 1 aromatic carbocycles. The van der Waals surface area contributed by atoms with Crippen molar-refractivity contribution in [3.63, 3.8) is 0 Å². The van der Waals surface area contributed by atoms with E-state index in [0.717, 1.165) is 6.42 Å². The maximum atomic E-state index is 12.0. The first kappa shape index (κ1) is 17.5. The van der Waals surface area contributed by atoms with Gasteiger partial charge in [0.25, 0.3) is 5.91 Å². The van der Waals surface area contributed by atoms with Crippen LogP contribution in [0.3, 0.4) is 0 Å². The van der Waals surface area contributed by atoms with E-state index in [1.807, 2.05) is 31.3 Å². The first-order chi connectivity index (χ1) is 9.13. The van der Waals surface area contributed by atoms with Crippen LogP contribution in [0.15, 0.2) is 36.7 Å². The highest BCUT2D eigenvalue weighted by Crippen LogP contribution is 2.38. The molecule has 0 radical (unpaired) electrons. The van der Waals surface area contributed by atoms with Crippen molar-refractivity contribution < 1.29 is 4.79 Å². The highest BCUT2D eigenvalue weighted by molar-refractivity contribution is 6.04. The minimum Gasteiger partial charge on any atom is -0.327 e. The third-order valence-electron chi connectivity index (χ3n) is 3.40. The molecule has 3 rings (SSSR count). The fourth-order valence-corrected chi connectivity index (χ4v) is 2.17. The van der Waals surface area contributed by atoms with Crippen molar-refractivity contribution in [3.05, 3.63) is 47.8 Å². The zero-order chi connectivity index (χ0) is 13.4. The number of anilines is 1. The maximum Gasteiger partial charge on any atom is 0.255 e. The summed E-state index contributed by atoms with van der Waals surface area (Å²) in [6.07, 6.45) is 4.42. The van der Waals surface area contributed by atoms with Gasteiger partial charge in [0.2, 0.25) is 0 Å². The molecule has 2 unspecified atom stereocenters. The Balaban J connectivity index is 0.00000110. The van der Waals surface area contributed by atoms with E-state index in [2.05, 4.69) is 10.4 Å². The second-order valence-corrected chi connectivity index (χ2v) is 4.98. The molecule has 1 heterocycles. The highest BCUT2D eigenvalue weighted by Gasteiger charge is 2.34. The molecule has 1 saturated carbocycles. The van der Waals surface area contributed by atoms with E-state index < -0.39 is 0 Å². The van der Waals surface area contributed by atoms with Gasteiger partial charge in [0.05, 0.1) is 11.9 Å². The third-order valence-corrected chi connectivity index (χ3v) is 3.40. The van der Waals surface area contributed by atoms with Gasteiger partial charge in [0, 0.05) is 30.8 Å². The maximum absolute atomic E-state index is 12.0. The first-order valence-corrected chi connectivity index (χ1v) is 6.29. The second kappa shape index (κ2) is 6.93. The average Bonchev–Trinajstić information content (AvgIpc) is 2.99. The molecule has 21 heavy (non-hydrogen) atoms. The monoisotopic (exact) mass is 328 g/mol. The van der Waals surface area contributed by atoms with Crippen LogP contribution in [0.2, 0.25) is 0 Å². The van der Waals surface area contributed by atoms with Crippen LogP contribution in [0.1, 0.15) is 28.3 Å². The summed E-state index contributed by atoms with van der Waals surface area (Å²) in [5.41, 5.74) is 8.36. The number of nitrogens with one attached hydrogen (secondary N) is 1. The van der Waals surface area contributed by atoms with Crippen LogP contribution in [0.4, 0.5) is 5.69 Å². The number of carbonyl (C=O) groups is 1. The van der Waals surface area contributed by atoms with Gasteiger partial charge in [-0.15, -0.1) is 24.8 Å². The standard InChI is InChI=1S/C14H16N4O.2ClH/c1-18-8-11(7-16-18)17-14(19)10-4-2-9(3-5-10)12-6-13(12)15;;/h2-5,7-8,12-13H,6,15H2,1H3,(H,17,19);2*1H. The van der Waals surface area contributed by atoms with Gasteiger partial charge in [-0.2, -0.15) is 5.10 Å². The Labute approximate surface area is 135 Å². The van der Waals surface area contributed by atoms with E-state index in [1.165, 1.54) is 5.56 Å². The minimum atomic E-state index is -0.125. The first-order valence-electron chi connectivity index (χ1n) is 6.29. The van der Waals surface area contributed by atoms with Crippen LogP contribution in [0, 0.1) is 0 Å². The van der Waals surface area contributed by atoms with Gasteiger partial charge in [0.15, 0.2) is 0 Å². The summed E-state index contributed by atoms with van der Waals surface area (Å²) in [5, 5.41) is 6.81. The summed E-state index contributed by atoms with van der Waals surface area (Å²) in [4.78, 5) is 12.0. The van der Waals surface area contributed by atoms with Crippen LogP contribution < -0.4 is 11.1 Å². The van der Waals surface area contributed by atoms with Crippen molar-refractivity contribution in [1.82, 2.24) is 9.78 Å². The number of aryl methyl sites for hydroxylation is 1. The molecule has 1 aromatic heterocycles. The number of aromatic nitrogens is 2. The van der Waals surface area contributed by atoms with Gasteiger partial charge in [-0.05, 0) is 24.1 Å². The summed E-state index contributed by atoms with van der Waals surface area (Å²) in [5.74, 6) is 0.343. The Bertz CT molecular complexity index is 612. The van der Waals surface area contributed by atoms with Crippen molar-refractivity contribution in [2.75, 3.05) is 5.32 Å². The molecule has 5 nitrogen and oxygen atoms in total. The number of benzene rings is 1. The number of amides is 1. The topological polar surface area (TPSA) is 72.9 Å². The van der Waals surface area contributed by atoms with Gasteiger partial charge in [-0.3, -0.25) is 9.48 Å². The molecule has 2 aromatic rings. The normalized spacial score (nSPS) is 19.1. The Morgan fingerprint density at radius 3 is 2.43 bits per heavy atom. The molecule has 3 N–H and O–H groups in total. The van der Waals surface area contributed by atoms with Crippen LogP contribution in [0.5, 0.6) is 0 Å². The number of halogens is 2. The Morgan fingerprint density at radius 2 is 1.95 bits per heavy atom. The van der Waals surface area contributed by atoms with Gasteiger partial charge in [-0.1, -0.05) is 12.1 Å². The lowest BCUT2D eigenvalue weighted by Gasteiger charge is -2.04. The molecule has 2 atom stereocenters. The van der Waals surface area contributed by atoms with Gasteiger partial charge in [-0.25, -0.2) is 0 Å². The zero-order valence-corrected chi connectivity index (χ0v) is 13.2. The number of carbonyl (C=O) groups excluding carboxylic acids is 1. The molecule has 0 aliphatic heterocycles. The predicted octanol–water partition coefficient (Wildman–Crippen LogP) is 2.33. The molecule has 114 valence electrons. The number of hydrogen-bond acceptors (Lipinski definition) is 3. The van der Waals surface area contributed by atoms with Crippen LogP contribution in [-0.2, 0) is 7.05 Å². The molecule has 0 spiro atoms. The van der Waals surface area contributed by atoms with Crippen molar-refractivity contribution in [2.45, 2.75) is 18.4 Å². The zero-order valence-electron chi connectivity index (χ0n) is 11.5. The third kappa shape index (κ3) is 3.97. The summed E-state index contributed by atoms with van der Waals surface area (Å²) >= 11 is 0. The van der Waals surface area contributed by atoms with Crippen molar-refractivity contribution >= 4 is 36.4 Å². The van der Waals surface area contributed by atoms with Gasteiger partial charge < -0.3 is 11.1 Å². The van der Waals surface area contributed by atoms with E-state index in [-0.39, 0.29) is 36.8 Å². The Morgan fingerprint density at radius 1 is 1.33 bits per heavy atom. The van der Waals surface area contributed by atoms with Crippen molar-refractivity contribution in [2.24, 2.45) is 12.8 Å². The number of nitrogens with zero attached hydrogens (tertiary/aromatic N) is 2. The number of hydrogen-bond donors (Lipinski definition) is 2. The quantitative estimate of drug-likeness (QED) is 0.908. The lowest BCUT2D eigenvalue weighted by molar-refractivity contribution is 0.102. The predicted molar refractivity (Wildman–Crippen MR) is 87.4 cm³/mol.